The zero-order valence-electron chi connectivity index (χ0n) is 46.8. The van der Waals surface area contributed by atoms with Crippen molar-refractivity contribution in [2.24, 2.45) is 0 Å². The highest BCUT2D eigenvalue weighted by atomic mass is 19.2. The van der Waals surface area contributed by atoms with Crippen molar-refractivity contribution in [1.29, 1.82) is 0 Å². The van der Waals surface area contributed by atoms with Crippen LogP contribution >= 0.6 is 0 Å². The van der Waals surface area contributed by atoms with Gasteiger partial charge in [-0.05, 0) is 81.3 Å². The van der Waals surface area contributed by atoms with E-state index in [1.807, 2.05) is 0 Å². The molecule has 4 heterocycles. The average Bonchev–Trinajstić information content (AvgIpc) is 0.638. The Labute approximate surface area is 529 Å². The minimum absolute atomic E-state index is 0.0924. The molecule has 0 aliphatic carbocycles. The van der Waals surface area contributed by atoms with Crippen LogP contribution in [0.2, 0.25) is 0 Å². The smallest absolute Gasteiger partial charge is 0.377 e. The lowest BCUT2D eigenvalue weighted by atomic mass is 9.23. The van der Waals surface area contributed by atoms with Gasteiger partial charge in [-0.3, -0.25) is 19.2 Å². The Hall–Kier alpha value is -11.4. The van der Waals surface area contributed by atoms with Crippen molar-refractivity contribution in [3.63, 3.8) is 0 Å². The summed E-state index contributed by atoms with van der Waals surface area (Å²) in [6.45, 7) is 0. The summed E-state index contributed by atoms with van der Waals surface area (Å²) in [5.41, 5.74) is -26.0. The Morgan fingerprint density at radius 2 is 0.370 bits per heavy atom. The molecule has 0 fully saturated rings. The summed E-state index contributed by atoms with van der Waals surface area (Å²) in [6.07, 6.45) is -14.0. The fourth-order valence-corrected chi connectivity index (χ4v) is 12.7. The van der Waals surface area contributed by atoms with E-state index in [-0.39, 0.29) is 46.7 Å². The minimum Gasteiger partial charge on any atom is -0.413 e. The summed E-state index contributed by atoms with van der Waals surface area (Å²) in [4.78, 5) is 58.9. The molecular formula is C60H12B2F30N4O4. The van der Waals surface area contributed by atoms with Crippen LogP contribution in [0.5, 0.6) is 0 Å². The second-order valence-corrected chi connectivity index (χ2v) is 21.5. The first kappa shape index (κ1) is 68.6. The number of carbonyl (C=O) groups is 4. The fourth-order valence-electron chi connectivity index (χ4n) is 12.7. The van der Waals surface area contributed by atoms with Crippen LogP contribution < -0.4 is 51.5 Å². The predicted octanol–water partition coefficient (Wildman–Crippen LogP) is 10.2. The van der Waals surface area contributed by atoms with Gasteiger partial charge in [0.15, 0.2) is 105 Å². The van der Waals surface area contributed by atoms with E-state index in [1.165, 1.54) is 0 Å². The number of aromatic nitrogens is 2. The van der Waals surface area contributed by atoms with Gasteiger partial charge in [0.05, 0.1) is 0 Å². The molecule has 12 rings (SSSR count). The van der Waals surface area contributed by atoms with Crippen molar-refractivity contribution >= 4 is 91.1 Å². The molecular weight excluding hydrogens is 1430 g/mol. The molecule has 0 saturated carbocycles. The molecule has 0 bridgehead atoms. The third-order valence-electron chi connectivity index (χ3n) is 16.9. The van der Waals surface area contributed by atoms with E-state index in [0.717, 1.165) is 0 Å². The number of benzene rings is 8. The maximum Gasteiger partial charge on any atom is 0.377 e. The number of pyridine rings is 2. The second kappa shape index (κ2) is 23.1. The molecule has 2 aliphatic heterocycles. The number of halogens is 30. The van der Waals surface area contributed by atoms with Gasteiger partial charge in [0.2, 0.25) is 0 Å². The fraction of sp³-hybridized carbons (Fsp3) is 0. The van der Waals surface area contributed by atoms with E-state index in [9.17, 15) is 45.5 Å². The van der Waals surface area contributed by atoms with E-state index < -0.39 is 297 Å². The van der Waals surface area contributed by atoms with Crippen molar-refractivity contribution in [2.75, 3.05) is 9.80 Å². The number of hydrogen-bond acceptors (Lipinski definition) is 4. The molecule has 0 N–H and O–H groups in total. The topological polar surface area (TPSA) is 82.5 Å². The SMILES string of the molecule is O=C1c2ccc3c4c(ccc(c24)C(=O)N1c1ccc[n+]([B-](c2c(F)c(F)c(F)c(F)c2F)(c2c(F)c(F)c(F)c(F)c2F)c2c(F)c(F)c(F)c(F)c2F)c1)C(=O)N(c1ccc[n+]([B-](c2c(F)c(F)c(F)c(F)c2F)(c2c(F)c(F)c(F)c(F)c2F)c2c(F)c(F)c(F)c(F)c2F)c1)C3=O. The van der Waals surface area contributed by atoms with Gasteiger partial charge in [-0.25, -0.2) is 142 Å². The number of imide groups is 2. The second-order valence-electron chi connectivity index (χ2n) is 21.5. The van der Waals surface area contributed by atoms with E-state index in [1.54, 1.807) is 0 Å². The Bertz CT molecular complexity index is 4630. The molecule has 4 amide bonds. The summed E-state index contributed by atoms with van der Waals surface area (Å²) >= 11 is 0. The molecule has 0 spiro atoms. The molecule has 10 aromatic rings. The monoisotopic (exact) mass is 1440 g/mol. The lowest BCUT2D eigenvalue weighted by Crippen LogP contribution is -2.88. The van der Waals surface area contributed by atoms with Crippen LogP contribution in [0.3, 0.4) is 0 Å². The standard InChI is InChI=1S/C60H12B2F30N4O4/c63-27-21(28(64)40(76)51(87)39(27)75)61(22-29(65)41(77)52(88)42(78)30(22)66,23-31(67)43(79)53(89)44(80)32(23)68)93-9-1-3-13(11-93)95-57(97)15-5-7-17-20-18(8-6-16(19(15)20)58(95)98)60(100)96(59(17)99)14-4-2-10-94(12-14)62(24-33(69)45(81)54(90)46(82)34(24)70,25-35(71)47(83)55(91)48(84)36(25)72)26-37(73)49(85)56(92)50(86)38(26)74/h1-12H. The third kappa shape index (κ3) is 8.67. The van der Waals surface area contributed by atoms with Gasteiger partial charge >= 0.3 is 12.6 Å². The van der Waals surface area contributed by atoms with Crippen LogP contribution in [0, 0.1) is 175 Å². The van der Waals surface area contributed by atoms with Gasteiger partial charge in [-0.1, -0.05) is 0 Å². The number of nitrogens with zero attached hydrogens (tertiary/aromatic N) is 4. The summed E-state index contributed by atoms with van der Waals surface area (Å²) in [6, 6.07) is 3.15. The molecule has 0 atom stereocenters. The predicted molar refractivity (Wildman–Crippen MR) is 277 cm³/mol. The van der Waals surface area contributed by atoms with Gasteiger partial charge in [0.25, 0.3) is 23.6 Å². The summed E-state index contributed by atoms with van der Waals surface area (Å²) < 4.78 is 472. The van der Waals surface area contributed by atoms with Gasteiger partial charge in [-0.2, -0.15) is 0 Å². The largest absolute Gasteiger partial charge is 0.413 e. The molecule has 2 aliphatic rings. The Morgan fingerprint density at radius 1 is 0.220 bits per heavy atom. The highest BCUT2D eigenvalue weighted by Crippen LogP contribution is 2.41. The highest BCUT2D eigenvalue weighted by Gasteiger charge is 2.60. The zero-order valence-corrected chi connectivity index (χ0v) is 46.8. The van der Waals surface area contributed by atoms with Gasteiger partial charge < -0.3 is 8.96 Å². The van der Waals surface area contributed by atoms with E-state index in [0.29, 0.717) is 36.4 Å². The van der Waals surface area contributed by atoms with Crippen LogP contribution in [0.4, 0.5) is 143 Å². The lowest BCUT2D eigenvalue weighted by Gasteiger charge is -2.38. The van der Waals surface area contributed by atoms with Gasteiger partial charge in [0, 0.05) is 33.0 Å². The van der Waals surface area contributed by atoms with Crippen molar-refractivity contribution in [1.82, 2.24) is 0 Å². The molecule has 8 nitrogen and oxygen atoms in total. The summed E-state index contributed by atoms with van der Waals surface area (Å²) in [5, 5.41) is -1.80. The molecule has 40 heteroatoms. The van der Waals surface area contributed by atoms with Crippen LogP contribution in [0.25, 0.3) is 10.8 Å². The Balaban J connectivity index is 1.08. The van der Waals surface area contributed by atoms with Crippen molar-refractivity contribution in [3.05, 3.63) is 270 Å². The Morgan fingerprint density at radius 3 is 0.530 bits per heavy atom. The molecule has 512 valence electrons. The summed E-state index contributed by atoms with van der Waals surface area (Å²) in [5.74, 6) is -110. The normalized spacial score (nSPS) is 13.3. The van der Waals surface area contributed by atoms with Crippen LogP contribution in [-0.2, 0) is 0 Å². The van der Waals surface area contributed by atoms with Gasteiger partial charge in [0.1, 0.15) is 106 Å². The van der Waals surface area contributed by atoms with E-state index >= 15 is 105 Å². The Kier molecular flexibility index (Phi) is 15.9. The zero-order chi connectivity index (χ0) is 73.5. The maximum absolute atomic E-state index is 16.6. The highest BCUT2D eigenvalue weighted by molar-refractivity contribution is 7.06. The number of hydrogen-bond donors (Lipinski definition) is 0. The van der Waals surface area contributed by atoms with Crippen LogP contribution in [0.1, 0.15) is 41.4 Å². The third-order valence-corrected chi connectivity index (χ3v) is 16.9. The molecule has 8 aromatic carbocycles. The van der Waals surface area contributed by atoms with Crippen LogP contribution in [-0.4, -0.2) is 36.2 Å². The minimum atomic E-state index is -6.65. The quantitative estimate of drug-likeness (QED) is 0.0449. The number of anilines is 2. The van der Waals surface area contributed by atoms with Crippen LogP contribution in [0.15, 0.2) is 73.3 Å². The molecule has 0 saturated heterocycles. The van der Waals surface area contributed by atoms with E-state index in [4.69, 9.17) is 0 Å². The van der Waals surface area contributed by atoms with Crippen molar-refractivity contribution < 1.29 is 160 Å². The van der Waals surface area contributed by atoms with Gasteiger partial charge in [-0.15, -0.1) is 0 Å². The first-order valence-electron chi connectivity index (χ1n) is 26.7. The number of rotatable bonds is 10. The molecule has 0 radical (unpaired) electrons. The summed E-state index contributed by atoms with van der Waals surface area (Å²) in [7, 11) is 0. The molecule has 100 heavy (non-hydrogen) atoms. The molecule has 2 aromatic heterocycles. The average molecular weight is 1440 g/mol. The number of amides is 4. The molecule has 0 unspecified atom stereocenters. The first-order valence-corrected chi connectivity index (χ1v) is 26.7. The van der Waals surface area contributed by atoms with Crippen molar-refractivity contribution in [2.45, 2.75) is 0 Å². The van der Waals surface area contributed by atoms with E-state index in [2.05, 4.69) is 0 Å². The lowest BCUT2D eigenvalue weighted by molar-refractivity contribution is -0.539. The first-order chi connectivity index (χ1) is 46.8. The maximum atomic E-state index is 16.6. The number of carbonyl (C=O) groups excluding carboxylic acids is 4. The van der Waals surface area contributed by atoms with Crippen molar-refractivity contribution in [3.8, 4) is 0 Å².